The van der Waals surface area contributed by atoms with Crippen LogP contribution in [0, 0.1) is 11.3 Å². The van der Waals surface area contributed by atoms with Crippen LogP contribution in [0.1, 0.15) is 12.0 Å². The first-order valence-corrected chi connectivity index (χ1v) is 8.41. The van der Waals surface area contributed by atoms with Gasteiger partial charge in [-0.1, -0.05) is 0 Å². The molecule has 1 atom stereocenters. The number of carbonyl (C=O) groups is 1. The summed E-state index contributed by atoms with van der Waals surface area (Å²) in [4.78, 5) is 11.8. The van der Waals surface area contributed by atoms with E-state index in [4.69, 9.17) is 5.26 Å². The van der Waals surface area contributed by atoms with E-state index in [2.05, 4.69) is 10.6 Å². The lowest BCUT2D eigenvalue weighted by Crippen LogP contribution is -2.46. The fourth-order valence-corrected chi connectivity index (χ4v) is 4.09. The highest BCUT2D eigenvalue weighted by Gasteiger charge is 2.26. The zero-order valence-corrected chi connectivity index (χ0v) is 11.7. The Labute approximate surface area is 115 Å². The maximum atomic E-state index is 11.8. The number of anilines is 1. The summed E-state index contributed by atoms with van der Waals surface area (Å²) in [6.07, 6.45) is 0.0853. The number of amides is 1. The molecule has 0 spiro atoms. The first-order chi connectivity index (χ1) is 9.00. The lowest BCUT2D eigenvalue weighted by Gasteiger charge is -2.22. The van der Waals surface area contributed by atoms with Crippen molar-refractivity contribution in [3.63, 3.8) is 0 Å². The van der Waals surface area contributed by atoms with Crippen molar-refractivity contribution in [2.24, 2.45) is 0 Å². The molecule has 0 aliphatic carbocycles. The van der Waals surface area contributed by atoms with Gasteiger partial charge in [0.2, 0.25) is 5.91 Å². The molecule has 1 fully saturated rings. The predicted molar refractivity (Wildman–Crippen MR) is 72.7 cm³/mol. The average molecular weight is 299 g/mol. The minimum Gasteiger partial charge on any atom is -0.317 e. The summed E-state index contributed by atoms with van der Waals surface area (Å²) in [6.45, 7) is 0.378. The normalized spacial score (nSPS) is 21.5. The van der Waals surface area contributed by atoms with E-state index in [1.54, 1.807) is 11.4 Å². The largest absolute Gasteiger partial charge is 0.317 e. The molecule has 2 N–H and O–H groups in total. The molecule has 102 valence electrons. The van der Waals surface area contributed by atoms with Crippen LogP contribution in [0.4, 0.5) is 5.00 Å². The Morgan fingerprint density at radius 2 is 2.42 bits per heavy atom. The molecule has 19 heavy (non-hydrogen) atoms. The van der Waals surface area contributed by atoms with Gasteiger partial charge in [-0.05, 0) is 11.4 Å². The summed E-state index contributed by atoms with van der Waals surface area (Å²) in [5, 5.41) is 16.7. The van der Waals surface area contributed by atoms with Gasteiger partial charge >= 0.3 is 0 Å². The fraction of sp³-hybridized carbons (Fsp3) is 0.455. The molecule has 2 heterocycles. The van der Waals surface area contributed by atoms with Gasteiger partial charge in [-0.15, -0.1) is 11.3 Å². The first-order valence-electron chi connectivity index (χ1n) is 5.71. The zero-order valence-electron chi connectivity index (χ0n) is 10.0. The van der Waals surface area contributed by atoms with Crippen LogP contribution in [-0.2, 0) is 14.6 Å². The van der Waals surface area contributed by atoms with Gasteiger partial charge in [0, 0.05) is 19.0 Å². The highest BCUT2D eigenvalue weighted by molar-refractivity contribution is 7.91. The van der Waals surface area contributed by atoms with Crippen molar-refractivity contribution in [2.75, 3.05) is 23.4 Å². The van der Waals surface area contributed by atoms with E-state index in [0.29, 0.717) is 17.1 Å². The maximum absolute atomic E-state index is 11.8. The molecule has 0 radical (unpaired) electrons. The molecule has 1 amide bonds. The van der Waals surface area contributed by atoms with Crippen molar-refractivity contribution in [2.45, 2.75) is 12.5 Å². The summed E-state index contributed by atoms with van der Waals surface area (Å²) in [5.41, 5.74) is 0.419. The smallest absolute Gasteiger partial charge is 0.226 e. The number of carbonyl (C=O) groups excluding carboxylic acids is 1. The van der Waals surface area contributed by atoms with Gasteiger partial charge in [0.25, 0.3) is 0 Å². The minimum atomic E-state index is -3.04. The van der Waals surface area contributed by atoms with Gasteiger partial charge in [-0.2, -0.15) is 5.26 Å². The molecule has 0 saturated carbocycles. The van der Waals surface area contributed by atoms with E-state index < -0.39 is 9.84 Å². The van der Waals surface area contributed by atoms with Gasteiger partial charge in [-0.3, -0.25) is 4.79 Å². The summed E-state index contributed by atoms with van der Waals surface area (Å²) in [5.74, 6) is -0.182. The molecule has 1 aromatic rings. The molecule has 1 aromatic heterocycles. The molecule has 1 unspecified atom stereocenters. The second kappa shape index (κ2) is 5.69. The van der Waals surface area contributed by atoms with Crippen LogP contribution in [0.15, 0.2) is 11.4 Å². The molecular formula is C11H13N3O3S2. The van der Waals surface area contributed by atoms with Crippen LogP contribution in [0.2, 0.25) is 0 Å². The number of rotatable bonds is 3. The van der Waals surface area contributed by atoms with Crippen molar-refractivity contribution >= 4 is 32.1 Å². The Balaban J connectivity index is 1.93. The second-order valence-corrected chi connectivity index (χ2v) is 7.44. The number of sulfone groups is 1. The van der Waals surface area contributed by atoms with Gasteiger partial charge in [-0.25, -0.2) is 8.42 Å². The van der Waals surface area contributed by atoms with Gasteiger partial charge in [0.1, 0.15) is 11.1 Å². The van der Waals surface area contributed by atoms with E-state index in [1.165, 1.54) is 11.3 Å². The summed E-state index contributed by atoms with van der Waals surface area (Å²) in [6, 6.07) is 3.25. The van der Waals surface area contributed by atoms with Crippen LogP contribution in [0.3, 0.4) is 0 Å². The number of nitrogens with zero attached hydrogens (tertiary/aromatic N) is 1. The lowest BCUT2D eigenvalue weighted by atomic mass is 10.2. The van der Waals surface area contributed by atoms with Crippen LogP contribution < -0.4 is 10.6 Å². The van der Waals surface area contributed by atoms with Gasteiger partial charge in [0.15, 0.2) is 9.84 Å². The van der Waals surface area contributed by atoms with Crippen molar-refractivity contribution in [3.8, 4) is 6.07 Å². The van der Waals surface area contributed by atoms with Gasteiger partial charge in [0.05, 0.1) is 17.1 Å². The molecule has 0 bridgehead atoms. The van der Waals surface area contributed by atoms with E-state index in [0.717, 1.165) is 0 Å². The SMILES string of the molecule is N#Cc1ccsc1NC(=O)CC1CS(=O)(=O)CCN1. The number of nitriles is 1. The molecular weight excluding hydrogens is 286 g/mol. The van der Waals surface area contributed by atoms with Crippen LogP contribution >= 0.6 is 11.3 Å². The number of thiophene rings is 1. The van der Waals surface area contributed by atoms with Crippen LogP contribution in [-0.4, -0.2) is 38.4 Å². The van der Waals surface area contributed by atoms with E-state index in [-0.39, 0.29) is 29.9 Å². The molecule has 1 aliphatic heterocycles. The summed E-state index contributed by atoms with van der Waals surface area (Å²) >= 11 is 1.27. The maximum Gasteiger partial charge on any atom is 0.226 e. The number of nitrogens with one attached hydrogen (secondary N) is 2. The standard InChI is InChI=1S/C11H13N3O3S2/c12-6-8-1-3-18-11(8)14-10(15)5-9-7-19(16,17)4-2-13-9/h1,3,9,13H,2,4-5,7H2,(H,14,15). The Kier molecular flexibility index (Phi) is 4.19. The molecule has 6 nitrogen and oxygen atoms in total. The van der Waals surface area contributed by atoms with Crippen LogP contribution in [0.25, 0.3) is 0 Å². The topological polar surface area (TPSA) is 99.1 Å². The summed E-state index contributed by atoms with van der Waals surface area (Å²) in [7, 11) is -3.04. The van der Waals surface area contributed by atoms with Crippen molar-refractivity contribution in [3.05, 3.63) is 17.0 Å². The first kappa shape index (κ1) is 14.0. The third kappa shape index (κ3) is 3.76. The molecule has 1 aliphatic rings. The Morgan fingerprint density at radius 1 is 1.63 bits per heavy atom. The summed E-state index contributed by atoms with van der Waals surface area (Å²) < 4.78 is 22.9. The van der Waals surface area contributed by atoms with Crippen LogP contribution in [0.5, 0.6) is 0 Å². The zero-order chi connectivity index (χ0) is 13.9. The Bertz CT molecular complexity index is 615. The quantitative estimate of drug-likeness (QED) is 0.838. The molecule has 1 saturated heterocycles. The minimum absolute atomic E-state index is 0.0179. The Morgan fingerprint density at radius 3 is 3.11 bits per heavy atom. The predicted octanol–water partition coefficient (Wildman–Crippen LogP) is 0.335. The Hall–Kier alpha value is -1.43. The highest BCUT2D eigenvalue weighted by atomic mass is 32.2. The van der Waals surface area contributed by atoms with E-state index >= 15 is 0 Å². The van der Waals surface area contributed by atoms with Gasteiger partial charge < -0.3 is 10.6 Å². The van der Waals surface area contributed by atoms with E-state index in [9.17, 15) is 13.2 Å². The molecule has 0 aromatic carbocycles. The molecule has 8 heteroatoms. The highest BCUT2D eigenvalue weighted by Crippen LogP contribution is 2.22. The second-order valence-electron chi connectivity index (χ2n) is 4.29. The van der Waals surface area contributed by atoms with Crippen molar-refractivity contribution in [1.29, 1.82) is 5.26 Å². The monoisotopic (exact) mass is 299 g/mol. The van der Waals surface area contributed by atoms with Crippen molar-refractivity contribution in [1.82, 2.24) is 5.32 Å². The third-order valence-electron chi connectivity index (χ3n) is 2.77. The lowest BCUT2D eigenvalue weighted by molar-refractivity contribution is -0.116. The fourth-order valence-electron chi connectivity index (χ4n) is 1.89. The number of hydrogen-bond donors (Lipinski definition) is 2. The molecule has 2 rings (SSSR count). The van der Waals surface area contributed by atoms with E-state index in [1.807, 2.05) is 6.07 Å². The number of hydrogen-bond acceptors (Lipinski definition) is 6. The van der Waals surface area contributed by atoms with Crippen molar-refractivity contribution < 1.29 is 13.2 Å². The third-order valence-corrected chi connectivity index (χ3v) is 5.34. The average Bonchev–Trinajstić information content (AvgIpc) is 2.74.